The van der Waals surface area contributed by atoms with E-state index >= 15 is 0 Å². The van der Waals surface area contributed by atoms with Crippen molar-refractivity contribution >= 4 is 21.7 Å². The number of nitrogen functional groups attached to an aromatic ring is 1. The van der Waals surface area contributed by atoms with Gasteiger partial charge in [-0.15, -0.1) is 0 Å². The van der Waals surface area contributed by atoms with Crippen molar-refractivity contribution in [3.05, 3.63) is 23.3 Å². The van der Waals surface area contributed by atoms with Gasteiger partial charge in [-0.2, -0.15) is 0 Å². The maximum atomic E-state index is 12.4. The van der Waals surface area contributed by atoms with Crippen molar-refractivity contribution in [3.63, 3.8) is 0 Å². The summed E-state index contributed by atoms with van der Waals surface area (Å²) in [6.45, 7) is 5.70. The molecule has 1 rings (SSSR count). The minimum Gasteiger partial charge on any atom is -0.466 e. The summed E-state index contributed by atoms with van der Waals surface area (Å²) >= 11 is 0. The van der Waals surface area contributed by atoms with Crippen LogP contribution in [0.5, 0.6) is 0 Å². The van der Waals surface area contributed by atoms with E-state index in [0.717, 1.165) is 15.4 Å². The Kier molecular flexibility index (Phi) is 5.74. The fourth-order valence-electron chi connectivity index (χ4n) is 1.78. The molecular formula is C14H22N2O4S. The molecule has 7 heteroatoms. The van der Waals surface area contributed by atoms with Gasteiger partial charge in [0.05, 0.1) is 17.9 Å². The summed E-state index contributed by atoms with van der Waals surface area (Å²) in [5.41, 5.74) is 7.94. The van der Waals surface area contributed by atoms with E-state index in [-0.39, 0.29) is 24.5 Å². The molecule has 21 heavy (non-hydrogen) atoms. The van der Waals surface area contributed by atoms with Crippen LogP contribution in [0.2, 0.25) is 0 Å². The van der Waals surface area contributed by atoms with Crippen LogP contribution in [0.25, 0.3) is 0 Å². The van der Waals surface area contributed by atoms with Crippen molar-refractivity contribution in [2.24, 2.45) is 0 Å². The molecule has 1 aromatic carbocycles. The number of hydrogen-bond acceptors (Lipinski definition) is 5. The molecule has 0 atom stereocenters. The Morgan fingerprint density at radius 3 is 2.48 bits per heavy atom. The highest BCUT2D eigenvalue weighted by molar-refractivity contribution is 7.89. The molecule has 0 unspecified atom stereocenters. The smallest absolute Gasteiger partial charge is 0.307 e. The van der Waals surface area contributed by atoms with Gasteiger partial charge in [0.15, 0.2) is 0 Å². The zero-order valence-corrected chi connectivity index (χ0v) is 13.7. The van der Waals surface area contributed by atoms with E-state index in [2.05, 4.69) is 0 Å². The van der Waals surface area contributed by atoms with Crippen LogP contribution < -0.4 is 5.73 Å². The lowest BCUT2D eigenvalue weighted by Crippen LogP contribution is -2.29. The lowest BCUT2D eigenvalue weighted by molar-refractivity contribution is -0.143. The number of ether oxygens (including phenoxy) is 1. The molecule has 0 aliphatic rings. The number of rotatable bonds is 6. The third-order valence-corrected chi connectivity index (χ3v) is 5.16. The fraction of sp³-hybridized carbons (Fsp3) is 0.500. The van der Waals surface area contributed by atoms with E-state index in [1.165, 1.54) is 13.1 Å². The van der Waals surface area contributed by atoms with Gasteiger partial charge in [0, 0.05) is 19.3 Å². The number of benzene rings is 1. The normalized spacial score (nSPS) is 11.7. The molecule has 0 aromatic heterocycles. The van der Waals surface area contributed by atoms with Gasteiger partial charge in [-0.1, -0.05) is 0 Å². The van der Waals surface area contributed by atoms with Crippen molar-refractivity contribution in [1.29, 1.82) is 0 Å². The van der Waals surface area contributed by atoms with E-state index in [1.54, 1.807) is 13.0 Å². The predicted octanol–water partition coefficient (Wildman–Crippen LogP) is 1.46. The zero-order valence-electron chi connectivity index (χ0n) is 12.8. The minimum absolute atomic E-state index is 0.0178. The summed E-state index contributed by atoms with van der Waals surface area (Å²) in [5, 5.41) is 0. The molecular weight excluding hydrogens is 292 g/mol. The van der Waals surface area contributed by atoms with E-state index in [0.29, 0.717) is 5.69 Å². The van der Waals surface area contributed by atoms with Gasteiger partial charge in [0.1, 0.15) is 0 Å². The fourth-order valence-corrected chi connectivity index (χ4v) is 3.08. The van der Waals surface area contributed by atoms with Gasteiger partial charge < -0.3 is 10.5 Å². The van der Waals surface area contributed by atoms with E-state index in [1.807, 2.05) is 13.8 Å². The molecule has 0 aliphatic carbocycles. The topological polar surface area (TPSA) is 89.7 Å². The highest BCUT2D eigenvalue weighted by atomic mass is 32.2. The number of hydrogen-bond donors (Lipinski definition) is 1. The Morgan fingerprint density at radius 2 is 1.95 bits per heavy atom. The number of sulfonamides is 1. The molecule has 0 spiro atoms. The second-order valence-electron chi connectivity index (χ2n) is 4.84. The van der Waals surface area contributed by atoms with Gasteiger partial charge >= 0.3 is 5.97 Å². The molecule has 0 fully saturated rings. The number of esters is 1. The van der Waals surface area contributed by atoms with Crippen LogP contribution in [0.3, 0.4) is 0 Å². The largest absolute Gasteiger partial charge is 0.466 e. The molecule has 0 amide bonds. The summed E-state index contributed by atoms with van der Waals surface area (Å²) in [5.74, 6) is -0.417. The first-order chi connectivity index (χ1) is 9.70. The van der Waals surface area contributed by atoms with Crippen LogP contribution in [-0.2, 0) is 19.6 Å². The van der Waals surface area contributed by atoms with Crippen molar-refractivity contribution in [1.82, 2.24) is 4.31 Å². The molecule has 1 aromatic rings. The Bertz CT molecular complexity index is 603. The van der Waals surface area contributed by atoms with Gasteiger partial charge in [0.2, 0.25) is 10.0 Å². The van der Waals surface area contributed by atoms with Crippen LogP contribution in [-0.4, -0.2) is 38.9 Å². The molecule has 118 valence electrons. The average molecular weight is 314 g/mol. The molecule has 2 N–H and O–H groups in total. The van der Waals surface area contributed by atoms with Crippen molar-refractivity contribution in [2.75, 3.05) is 25.9 Å². The van der Waals surface area contributed by atoms with E-state index in [9.17, 15) is 13.2 Å². The highest BCUT2D eigenvalue weighted by Gasteiger charge is 2.22. The molecule has 0 heterocycles. The maximum Gasteiger partial charge on any atom is 0.307 e. The molecule has 0 bridgehead atoms. The molecule has 0 saturated carbocycles. The summed E-state index contributed by atoms with van der Waals surface area (Å²) in [6.07, 6.45) is 0.0178. The first-order valence-electron chi connectivity index (χ1n) is 6.68. The number of carbonyl (C=O) groups excluding carboxylic acids is 1. The first kappa shape index (κ1) is 17.5. The van der Waals surface area contributed by atoms with Crippen molar-refractivity contribution < 1.29 is 17.9 Å². The lowest BCUT2D eigenvalue weighted by atomic mass is 10.1. The molecule has 0 aliphatic heterocycles. The standard InChI is InChI=1S/C14H22N2O4S/c1-5-20-14(17)6-7-16(4)21(18,19)12-8-10(2)11(3)13(15)9-12/h8-9H,5-7,15H2,1-4H3. The second kappa shape index (κ2) is 6.91. The second-order valence-corrected chi connectivity index (χ2v) is 6.88. The zero-order chi connectivity index (χ0) is 16.2. The van der Waals surface area contributed by atoms with E-state index in [4.69, 9.17) is 10.5 Å². The Labute approximate surface area is 125 Å². The summed E-state index contributed by atoms with van der Waals surface area (Å²) < 4.78 is 30.8. The summed E-state index contributed by atoms with van der Waals surface area (Å²) in [4.78, 5) is 11.4. The van der Waals surface area contributed by atoms with Gasteiger partial charge in [-0.05, 0) is 44.0 Å². The quantitative estimate of drug-likeness (QED) is 0.634. The third kappa shape index (κ3) is 4.18. The summed E-state index contributed by atoms with van der Waals surface area (Å²) in [6, 6.07) is 3.03. The van der Waals surface area contributed by atoms with E-state index < -0.39 is 16.0 Å². The number of aryl methyl sites for hydroxylation is 1. The van der Waals surface area contributed by atoms with Crippen LogP contribution in [0.15, 0.2) is 17.0 Å². The van der Waals surface area contributed by atoms with Crippen LogP contribution in [0, 0.1) is 13.8 Å². The Balaban J connectivity index is 2.92. The summed E-state index contributed by atoms with van der Waals surface area (Å²) in [7, 11) is -2.24. The van der Waals surface area contributed by atoms with Crippen molar-refractivity contribution in [2.45, 2.75) is 32.1 Å². The first-order valence-corrected chi connectivity index (χ1v) is 8.12. The number of nitrogens with two attached hydrogens (primary N) is 1. The Hall–Kier alpha value is -1.60. The Morgan fingerprint density at radius 1 is 1.33 bits per heavy atom. The van der Waals surface area contributed by atoms with Crippen LogP contribution in [0.1, 0.15) is 24.5 Å². The van der Waals surface area contributed by atoms with Gasteiger partial charge in [0.25, 0.3) is 0 Å². The van der Waals surface area contributed by atoms with Crippen molar-refractivity contribution in [3.8, 4) is 0 Å². The van der Waals surface area contributed by atoms with Gasteiger partial charge in [-0.25, -0.2) is 12.7 Å². The van der Waals surface area contributed by atoms with Crippen LogP contribution >= 0.6 is 0 Å². The number of carbonyl (C=O) groups is 1. The molecule has 0 radical (unpaired) electrons. The highest BCUT2D eigenvalue weighted by Crippen LogP contribution is 2.23. The number of nitrogens with zero attached hydrogens (tertiary/aromatic N) is 1. The predicted molar refractivity (Wildman–Crippen MR) is 81.4 cm³/mol. The number of anilines is 1. The maximum absolute atomic E-state index is 12.4. The average Bonchev–Trinajstić information content (AvgIpc) is 2.41. The van der Waals surface area contributed by atoms with Crippen LogP contribution in [0.4, 0.5) is 5.69 Å². The minimum atomic E-state index is -3.67. The lowest BCUT2D eigenvalue weighted by Gasteiger charge is -2.18. The SMILES string of the molecule is CCOC(=O)CCN(C)S(=O)(=O)c1cc(C)c(C)c(N)c1. The monoisotopic (exact) mass is 314 g/mol. The van der Waals surface area contributed by atoms with Gasteiger partial charge in [-0.3, -0.25) is 4.79 Å². The molecule has 6 nitrogen and oxygen atoms in total. The molecule has 0 saturated heterocycles. The third-order valence-electron chi connectivity index (χ3n) is 3.33.